The van der Waals surface area contributed by atoms with Crippen LogP contribution in [-0.4, -0.2) is 9.55 Å². The zero-order chi connectivity index (χ0) is 10.1. The monoisotopic (exact) mass is 216 g/mol. The lowest BCUT2D eigenvalue weighted by Gasteiger charge is -2.04. The van der Waals surface area contributed by atoms with E-state index in [9.17, 15) is 8.78 Å². The van der Waals surface area contributed by atoms with Gasteiger partial charge in [0.15, 0.2) is 0 Å². The number of alkyl halides is 3. The molecule has 0 aliphatic heterocycles. The topological polar surface area (TPSA) is 17.8 Å². The number of para-hydroxylation sites is 2. The van der Waals surface area contributed by atoms with Crippen LogP contribution < -0.4 is 0 Å². The molecule has 14 heavy (non-hydrogen) atoms. The van der Waals surface area contributed by atoms with Crippen LogP contribution in [0.1, 0.15) is 12.4 Å². The number of imidazole rings is 1. The van der Waals surface area contributed by atoms with Gasteiger partial charge in [0.25, 0.3) is 0 Å². The molecule has 1 heterocycles. The van der Waals surface area contributed by atoms with Crippen molar-refractivity contribution in [2.24, 2.45) is 0 Å². The van der Waals surface area contributed by atoms with E-state index in [2.05, 4.69) is 4.98 Å². The highest BCUT2D eigenvalue weighted by Crippen LogP contribution is 2.23. The molecule has 0 spiro atoms. The van der Waals surface area contributed by atoms with Gasteiger partial charge in [0.2, 0.25) is 0 Å². The Morgan fingerprint density at radius 2 is 2.07 bits per heavy atom. The molecule has 1 aromatic carbocycles. The molecule has 2 nitrogen and oxygen atoms in total. The van der Waals surface area contributed by atoms with Gasteiger partial charge in [0, 0.05) is 0 Å². The molecular weight excluding hydrogens is 210 g/mol. The van der Waals surface area contributed by atoms with Gasteiger partial charge in [-0.1, -0.05) is 12.1 Å². The van der Waals surface area contributed by atoms with Crippen LogP contribution in [0.15, 0.2) is 24.3 Å². The van der Waals surface area contributed by atoms with Crippen molar-refractivity contribution in [1.29, 1.82) is 0 Å². The molecule has 0 aliphatic carbocycles. The zero-order valence-corrected chi connectivity index (χ0v) is 7.88. The summed E-state index contributed by atoms with van der Waals surface area (Å²) in [4.78, 5) is 4.00. The van der Waals surface area contributed by atoms with Gasteiger partial charge in [-0.25, -0.2) is 4.98 Å². The van der Waals surface area contributed by atoms with Crippen LogP contribution >= 0.6 is 11.6 Å². The largest absolute Gasteiger partial charge is 0.320 e. The number of hydrogen-bond donors (Lipinski definition) is 0. The normalized spacial score (nSPS) is 11.4. The van der Waals surface area contributed by atoms with Crippen molar-refractivity contribution in [3.8, 4) is 0 Å². The number of nitrogens with zero attached hydrogens (tertiary/aromatic N) is 2. The molecule has 0 N–H and O–H groups in total. The lowest BCUT2D eigenvalue weighted by molar-refractivity contribution is 0.0722. The Morgan fingerprint density at radius 1 is 1.36 bits per heavy atom. The molecule has 0 fully saturated rings. The number of benzene rings is 1. The smallest absolute Gasteiger partial charge is 0.269 e. The highest BCUT2D eigenvalue weighted by molar-refractivity contribution is 6.16. The maximum absolute atomic E-state index is 12.6. The van der Waals surface area contributed by atoms with Crippen LogP contribution in [0.2, 0.25) is 0 Å². The van der Waals surface area contributed by atoms with Crippen molar-refractivity contribution in [1.82, 2.24) is 9.55 Å². The quantitative estimate of drug-likeness (QED) is 0.705. The van der Waals surface area contributed by atoms with E-state index in [4.69, 9.17) is 11.6 Å². The van der Waals surface area contributed by atoms with E-state index in [0.29, 0.717) is 11.0 Å². The van der Waals surface area contributed by atoms with Crippen LogP contribution in [0.4, 0.5) is 8.78 Å². The first-order valence-electron chi connectivity index (χ1n) is 4.04. The molecule has 0 bridgehead atoms. The predicted octanol–water partition coefficient (Wildman–Crippen LogP) is 3.17. The van der Waals surface area contributed by atoms with Gasteiger partial charge in [-0.2, -0.15) is 8.78 Å². The van der Waals surface area contributed by atoms with Crippen LogP contribution in [0.5, 0.6) is 0 Å². The first-order chi connectivity index (χ1) is 6.74. The summed E-state index contributed by atoms with van der Waals surface area (Å²) in [6.45, 7) is -2.60. The lowest BCUT2D eigenvalue weighted by Crippen LogP contribution is -2.02. The third-order valence-corrected chi connectivity index (χ3v) is 2.22. The maximum atomic E-state index is 12.6. The Kier molecular flexibility index (Phi) is 2.37. The molecule has 0 saturated heterocycles. The predicted molar refractivity (Wildman–Crippen MR) is 50.5 cm³/mol. The van der Waals surface area contributed by atoms with Crippen molar-refractivity contribution in [3.05, 3.63) is 30.1 Å². The van der Waals surface area contributed by atoms with E-state index in [1.165, 1.54) is 0 Å². The summed E-state index contributed by atoms with van der Waals surface area (Å²) in [5.41, 5.74) is 0.960. The minimum absolute atomic E-state index is 0.0149. The summed E-state index contributed by atoms with van der Waals surface area (Å²) in [6.07, 6.45) is 0. The molecule has 0 unspecified atom stereocenters. The Morgan fingerprint density at radius 3 is 2.71 bits per heavy atom. The molecule has 1 aromatic heterocycles. The van der Waals surface area contributed by atoms with E-state index in [0.717, 1.165) is 4.57 Å². The molecule has 0 aliphatic rings. The average molecular weight is 217 g/mol. The molecule has 2 rings (SSSR count). The van der Waals surface area contributed by atoms with E-state index in [1.54, 1.807) is 24.3 Å². The van der Waals surface area contributed by atoms with E-state index in [1.807, 2.05) is 0 Å². The SMILES string of the molecule is FC(F)n1c(CCl)nc2ccccc21. The van der Waals surface area contributed by atoms with Crippen LogP contribution in [0.25, 0.3) is 11.0 Å². The Balaban J connectivity index is 2.74. The first kappa shape index (κ1) is 9.40. The van der Waals surface area contributed by atoms with Crippen molar-refractivity contribution < 1.29 is 8.78 Å². The summed E-state index contributed by atoms with van der Waals surface area (Å²) < 4.78 is 26.1. The van der Waals surface area contributed by atoms with Crippen LogP contribution in [0, 0.1) is 0 Å². The third kappa shape index (κ3) is 1.35. The summed E-state index contributed by atoms with van der Waals surface area (Å²) in [5, 5.41) is 0. The van der Waals surface area contributed by atoms with Crippen LogP contribution in [0.3, 0.4) is 0 Å². The number of aromatic nitrogens is 2. The Labute approximate surface area is 84.1 Å². The fraction of sp³-hybridized carbons (Fsp3) is 0.222. The fourth-order valence-electron chi connectivity index (χ4n) is 1.41. The summed E-state index contributed by atoms with van der Waals surface area (Å²) in [5.74, 6) is 0.182. The summed E-state index contributed by atoms with van der Waals surface area (Å²) >= 11 is 5.53. The van der Waals surface area contributed by atoms with Gasteiger partial charge >= 0.3 is 6.55 Å². The highest BCUT2D eigenvalue weighted by atomic mass is 35.5. The molecular formula is C9H7ClF2N2. The van der Waals surface area contributed by atoms with Gasteiger partial charge in [-0.05, 0) is 12.1 Å². The Hall–Kier alpha value is -1.16. The molecule has 0 atom stereocenters. The van der Waals surface area contributed by atoms with Crippen molar-refractivity contribution >= 4 is 22.6 Å². The van der Waals surface area contributed by atoms with Gasteiger partial charge in [-0.3, -0.25) is 4.57 Å². The van der Waals surface area contributed by atoms with E-state index >= 15 is 0 Å². The second-order valence-corrected chi connectivity index (χ2v) is 3.07. The molecule has 2 aromatic rings. The second-order valence-electron chi connectivity index (χ2n) is 2.80. The van der Waals surface area contributed by atoms with E-state index < -0.39 is 6.55 Å². The van der Waals surface area contributed by atoms with Gasteiger partial charge < -0.3 is 0 Å². The second kappa shape index (κ2) is 3.53. The number of rotatable bonds is 2. The standard InChI is InChI=1S/C9H7ClF2N2/c10-5-8-13-6-3-1-2-4-7(6)14(8)9(11)12/h1-4,9H,5H2. The molecule has 5 heteroatoms. The first-order valence-corrected chi connectivity index (χ1v) is 4.57. The van der Waals surface area contributed by atoms with Gasteiger partial charge in [0.05, 0.1) is 16.9 Å². The van der Waals surface area contributed by atoms with Crippen LogP contribution in [-0.2, 0) is 5.88 Å². The summed E-state index contributed by atoms with van der Waals surface area (Å²) in [7, 11) is 0. The fourth-order valence-corrected chi connectivity index (χ4v) is 1.59. The average Bonchev–Trinajstić information content (AvgIpc) is 2.55. The highest BCUT2D eigenvalue weighted by Gasteiger charge is 2.15. The minimum atomic E-state index is -2.60. The van der Waals surface area contributed by atoms with Gasteiger partial charge in [0.1, 0.15) is 5.82 Å². The number of hydrogen-bond acceptors (Lipinski definition) is 1. The third-order valence-electron chi connectivity index (χ3n) is 1.98. The minimum Gasteiger partial charge on any atom is -0.269 e. The number of fused-ring (bicyclic) bond motifs is 1. The lowest BCUT2D eigenvalue weighted by atomic mass is 10.3. The number of halogens is 3. The molecule has 74 valence electrons. The van der Waals surface area contributed by atoms with Crippen molar-refractivity contribution in [2.45, 2.75) is 12.4 Å². The maximum Gasteiger partial charge on any atom is 0.320 e. The van der Waals surface area contributed by atoms with E-state index in [-0.39, 0.29) is 11.7 Å². The van der Waals surface area contributed by atoms with Crippen molar-refractivity contribution in [3.63, 3.8) is 0 Å². The van der Waals surface area contributed by atoms with Crippen molar-refractivity contribution in [2.75, 3.05) is 0 Å². The molecule has 0 saturated carbocycles. The molecule has 0 amide bonds. The Bertz CT molecular complexity index is 453. The zero-order valence-electron chi connectivity index (χ0n) is 7.12. The van der Waals surface area contributed by atoms with Gasteiger partial charge in [-0.15, -0.1) is 11.6 Å². The summed E-state index contributed by atoms with van der Waals surface area (Å²) in [6, 6.07) is 6.73. The molecule has 0 radical (unpaired) electrons.